The van der Waals surface area contributed by atoms with E-state index in [1.807, 2.05) is 6.07 Å². The van der Waals surface area contributed by atoms with E-state index in [2.05, 4.69) is 30.3 Å². The summed E-state index contributed by atoms with van der Waals surface area (Å²) in [4.78, 5) is 12.1. The molecule has 0 spiro atoms. The van der Waals surface area contributed by atoms with Crippen LogP contribution < -0.4 is 15.7 Å². The van der Waals surface area contributed by atoms with Crippen LogP contribution in [0, 0.1) is 23.2 Å². The number of carbonyl (C=O) groups excluding carboxylic acids is 1. The van der Waals surface area contributed by atoms with Gasteiger partial charge in [-0.25, -0.2) is 0 Å². The highest BCUT2D eigenvalue weighted by atomic mass is 16.5. The van der Waals surface area contributed by atoms with Gasteiger partial charge in [0.05, 0.1) is 18.0 Å². The van der Waals surface area contributed by atoms with Gasteiger partial charge in [-0.3, -0.25) is 9.48 Å². The van der Waals surface area contributed by atoms with Crippen LogP contribution >= 0.6 is 0 Å². The lowest BCUT2D eigenvalue weighted by Crippen LogP contribution is -2.24. The molecule has 2 atom stereocenters. The summed E-state index contributed by atoms with van der Waals surface area (Å²) < 4.78 is 7.23. The summed E-state index contributed by atoms with van der Waals surface area (Å²) in [6.07, 6.45) is 5.37. The van der Waals surface area contributed by atoms with Gasteiger partial charge in [0.15, 0.2) is 5.82 Å². The molecule has 1 saturated carbocycles. The standard InChI is InChI=1S/C22H26BN5O3/c1-13(2)17-10-23(30)31-20-8-7-15(9-16(17)20)26-22-18(21(25)29)12-28(27-22)19-6-4-3-5-14(19)11-24/h7-10,12-14,19,30H,3-6H2,1-2H3,(H2,25,29)(H,26,27)/t14?,19-/m0/s1. The molecule has 9 heteroatoms. The van der Waals surface area contributed by atoms with E-state index < -0.39 is 13.0 Å². The zero-order chi connectivity index (χ0) is 22.1. The van der Waals surface area contributed by atoms with E-state index in [0.29, 0.717) is 11.6 Å². The molecule has 1 aromatic carbocycles. The van der Waals surface area contributed by atoms with Crippen LogP contribution in [-0.4, -0.2) is 27.8 Å². The van der Waals surface area contributed by atoms with Crippen LogP contribution in [0.5, 0.6) is 5.75 Å². The normalized spacial score (nSPS) is 20.5. The van der Waals surface area contributed by atoms with E-state index in [0.717, 1.165) is 42.5 Å². The Kier molecular flexibility index (Phi) is 5.74. The van der Waals surface area contributed by atoms with Crippen molar-refractivity contribution < 1.29 is 14.5 Å². The largest absolute Gasteiger partial charge is 0.552 e. The Bertz CT molecular complexity index is 1070. The van der Waals surface area contributed by atoms with Crippen LogP contribution in [0.4, 0.5) is 11.5 Å². The number of primary amides is 1. The lowest BCUT2D eigenvalue weighted by molar-refractivity contribution is 0.100. The molecule has 2 aliphatic rings. The molecule has 1 fully saturated rings. The highest BCUT2D eigenvalue weighted by Gasteiger charge is 2.29. The third kappa shape index (κ3) is 4.16. The maximum atomic E-state index is 12.1. The number of nitrogens with two attached hydrogens (primary N) is 1. The van der Waals surface area contributed by atoms with Gasteiger partial charge in [0.2, 0.25) is 0 Å². The molecular weight excluding hydrogens is 393 g/mol. The van der Waals surface area contributed by atoms with Gasteiger partial charge >= 0.3 is 7.12 Å². The summed E-state index contributed by atoms with van der Waals surface area (Å²) in [6, 6.07) is 7.80. The van der Waals surface area contributed by atoms with Crippen molar-refractivity contribution in [2.75, 3.05) is 5.32 Å². The lowest BCUT2D eigenvalue weighted by Gasteiger charge is -2.26. The van der Waals surface area contributed by atoms with E-state index in [9.17, 15) is 15.1 Å². The summed E-state index contributed by atoms with van der Waals surface area (Å²) >= 11 is 0. The zero-order valence-corrected chi connectivity index (χ0v) is 17.7. The number of nitriles is 1. The van der Waals surface area contributed by atoms with Crippen LogP contribution in [0.15, 0.2) is 30.4 Å². The van der Waals surface area contributed by atoms with E-state index in [1.165, 1.54) is 0 Å². The summed E-state index contributed by atoms with van der Waals surface area (Å²) in [5.41, 5.74) is 8.48. The smallest absolute Gasteiger partial charge is 0.532 e. The number of aromatic nitrogens is 2. The molecule has 4 rings (SSSR count). The molecule has 31 heavy (non-hydrogen) atoms. The van der Waals surface area contributed by atoms with Crippen molar-refractivity contribution in [1.29, 1.82) is 5.26 Å². The molecule has 1 amide bonds. The minimum absolute atomic E-state index is 0.0682. The molecule has 2 heterocycles. The molecule has 2 aromatic rings. The van der Waals surface area contributed by atoms with Crippen molar-refractivity contribution in [1.82, 2.24) is 9.78 Å². The SMILES string of the molecule is CC(C)C1=CB(O)Oc2ccc(Nc3nn([C@H]4CCCCC4C#N)cc3C(N)=O)cc21. The molecule has 1 unspecified atom stereocenters. The van der Waals surface area contributed by atoms with Gasteiger partial charge in [-0.15, -0.1) is 0 Å². The molecule has 1 aliphatic carbocycles. The monoisotopic (exact) mass is 419 g/mol. The van der Waals surface area contributed by atoms with Gasteiger partial charge in [0.25, 0.3) is 5.91 Å². The molecule has 1 aromatic heterocycles. The first-order chi connectivity index (χ1) is 14.9. The Morgan fingerprint density at radius 2 is 2.19 bits per heavy atom. The number of fused-ring (bicyclic) bond motifs is 1. The van der Waals surface area contributed by atoms with Crippen molar-refractivity contribution in [2.45, 2.75) is 45.6 Å². The van der Waals surface area contributed by atoms with Crippen LogP contribution in [0.3, 0.4) is 0 Å². The molecular formula is C22H26BN5O3. The second-order valence-corrected chi connectivity index (χ2v) is 8.44. The summed E-state index contributed by atoms with van der Waals surface area (Å²) in [5.74, 6) is 2.15. The van der Waals surface area contributed by atoms with E-state index in [4.69, 9.17) is 10.4 Å². The van der Waals surface area contributed by atoms with Crippen LogP contribution in [-0.2, 0) is 0 Å². The number of hydrogen-bond donors (Lipinski definition) is 3. The maximum absolute atomic E-state index is 12.1. The number of hydrogen-bond acceptors (Lipinski definition) is 6. The van der Waals surface area contributed by atoms with E-state index >= 15 is 0 Å². The van der Waals surface area contributed by atoms with Gasteiger partial charge in [-0.2, -0.15) is 10.4 Å². The van der Waals surface area contributed by atoms with Gasteiger partial charge in [0, 0.05) is 17.4 Å². The molecule has 8 nitrogen and oxygen atoms in total. The number of anilines is 2. The number of nitrogens with one attached hydrogen (secondary N) is 1. The molecule has 160 valence electrons. The Labute approximate surface area is 181 Å². The van der Waals surface area contributed by atoms with Crippen molar-refractivity contribution in [2.24, 2.45) is 17.6 Å². The second kappa shape index (κ2) is 8.48. The van der Waals surface area contributed by atoms with Crippen molar-refractivity contribution in [3.8, 4) is 11.8 Å². The highest BCUT2D eigenvalue weighted by Crippen LogP contribution is 2.38. The fourth-order valence-corrected chi connectivity index (χ4v) is 4.40. The average molecular weight is 419 g/mol. The van der Waals surface area contributed by atoms with E-state index in [-0.39, 0.29) is 23.4 Å². The first-order valence-electron chi connectivity index (χ1n) is 10.6. The van der Waals surface area contributed by atoms with Crippen molar-refractivity contribution >= 4 is 30.1 Å². The molecule has 0 bridgehead atoms. The van der Waals surface area contributed by atoms with Gasteiger partial charge in [-0.05, 0) is 48.5 Å². The Morgan fingerprint density at radius 3 is 2.90 bits per heavy atom. The maximum Gasteiger partial charge on any atom is 0.552 e. The highest BCUT2D eigenvalue weighted by molar-refractivity contribution is 6.52. The number of benzene rings is 1. The number of carbonyl (C=O) groups is 1. The summed E-state index contributed by atoms with van der Waals surface area (Å²) in [6.45, 7) is 4.10. The predicted octanol–water partition coefficient (Wildman–Crippen LogP) is 3.43. The van der Waals surface area contributed by atoms with Crippen molar-refractivity contribution in [3.63, 3.8) is 0 Å². The molecule has 0 saturated heterocycles. The van der Waals surface area contributed by atoms with Gasteiger partial charge < -0.3 is 20.7 Å². The summed E-state index contributed by atoms with van der Waals surface area (Å²) in [5, 5.41) is 27.3. The fourth-order valence-electron chi connectivity index (χ4n) is 4.40. The summed E-state index contributed by atoms with van der Waals surface area (Å²) in [7, 11) is -0.968. The number of nitrogens with zero attached hydrogens (tertiary/aromatic N) is 3. The zero-order valence-electron chi connectivity index (χ0n) is 17.7. The third-order valence-corrected chi connectivity index (χ3v) is 5.98. The first-order valence-corrected chi connectivity index (χ1v) is 10.6. The minimum Gasteiger partial charge on any atom is -0.532 e. The van der Waals surface area contributed by atoms with Crippen LogP contribution in [0.25, 0.3) is 5.57 Å². The number of allylic oxidation sites excluding steroid dienone is 1. The molecule has 1 aliphatic heterocycles. The predicted molar refractivity (Wildman–Crippen MR) is 118 cm³/mol. The quantitative estimate of drug-likeness (QED) is 0.638. The topological polar surface area (TPSA) is 126 Å². The fraction of sp³-hybridized carbons (Fsp3) is 0.409. The van der Waals surface area contributed by atoms with E-state index in [1.54, 1.807) is 29.0 Å². The Morgan fingerprint density at radius 1 is 1.42 bits per heavy atom. The van der Waals surface area contributed by atoms with Crippen LogP contribution in [0.2, 0.25) is 0 Å². The van der Waals surface area contributed by atoms with Crippen molar-refractivity contribution in [3.05, 3.63) is 41.5 Å². The number of amides is 1. The van der Waals surface area contributed by atoms with Gasteiger partial charge in [-0.1, -0.05) is 26.7 Å². The third-order valence-electron chi connectivity index (χ3n) is 5.98. The first kappa shape index (κ1) is 21.0. The van der Waals surface area contributed by atoms with Crippen LogP contribution in [0.1, 0.15) is 61.5 Å². The average Bonchev–Trinajstić information content (AvgIpc) is 3.17. The van der Waals surface area contributed by atoms with Gasteiger partial charge in [0.1, 0.15) is 11.3 Å². The molecule has 4 N–H and O–H groups in total. The lowest BCUT2D eigenvalue weighted by atomic mass is 9.78. The Balaban J connectivity index is 1.67. The minimum atomic E-state index is -0.968. The second-order valence-electron chi connectivity index (χ2n) is 8.44. The number of rotatable bonds is 5. The Hall–Kier alpha value is -3.25. The molecule has 0 radical (unpaired) electrons.